The molecule has 0 saturated heterocycles. The Kier molecular flexibility index (Phi) is 4.79. The number of rotatable bonds is 4. The smallest absolute Gasteiger partial charge is 0.00642 e. The maximum Gasteiger partial charge on any atom is 0.00642 e. The molecule has 1 nitrogen and oxygen atoms in total. The van der Waals surface area contributed by atoms with E-state index >= 15 is 0 Å². The van der Waals surface area contributed by atoms with Gasteiger partial charge in [0.25, 0.3) is 0 Å². The van der Waals surface area contributed by atoms with Gasteiger partial charge in [-0.2, -0.15) is 0 Å². The molecule has 13 heavy (non-hydrogen) atoms. The normalized spacial score (nSPS) is 29.5. The first kappa shape index (κ1) is 11.0. The lowest BCUT2D eigenvalue weighted by atomic mass is 9.82. The Hall–Kier alpha value is -0.0400. The van der Waals surface area contributed by atoms with Crippen LogP contribution in [0.25, 0.3) is 0 Å². The molecule has 0 atom stereocenters. The van der Waals surface area contributed by atoms with Crippen LogP contribution in [0.5, 0.6) is 0 Å². The second kappa shape index (κ2) is 5.64. The van der Waals surface area contributed by atoms with Crippen molar-refractivity contribution in [3.63, 3.8) is 0 Å². The molecule has 78 valence electrons. The standard InChI is InChI=1S/C12H25N/c1-10(2)4-5-11-6-8-12(13-3)9-7-11/h10-13H,4-9H2,1-3H3. The average Bonchev–Trinajstić information content (AvgIpc) is 2.15. The predicted molar refractivity (Wildman–Crippen MR) is 58.9 cm³/mol. The minimum Gasteiger partial charge on any atom is -0.317 e. The lowest BCUT2D eigenvalue weighted by Gasteiger charge is -2.28. The van der Waals surface area contributed by atoms with Crippen LogP contribution in [0.2, 0.25) is 0 Å². The molecular weight excluding hydrogens is 158 g/mol. The molecule has 0 bridgehead atoms. The maximum absolute atomic E-state index is 3.39. The lowest BCUT2D eigenvalue weighted by Crippen LogP contribution is -2.30. The number of hydrogen-bond acceptors (Lipinski definition) is 1. The molecule has 0 aromatic rings. The molecule has 1 fully saturated rings. The Balaban J connectivity index is 2.10. The Morgan fingerprint density at radius 2 is 1.77 bits per heavy atom. The van der Waals surface area contributed by atoms with Crippen molar-refractivity contribution in [2.24, 2.45) is 11.8 Å². The SMILES string of the molecule is CNC1CCC(CCC(C)C)CC1. The summed E-state index contributed by atoms with van der Waals surface area (Å²) in [5, 5.41) is 3.39. The fourth-order valence-electron chi connectivity index (χ4n) is 2.31. The summed E-state index contributed by atoms with van der Waals surface area (Å²) >= 11 is 0. The molecule has 0 aromatic heterocycles. The highest BCUT2D eigenvalue weighted by Crippen LogP contribution is 2.28. The zero-order valence-corrected chi connectivity index (χ0v) is 9.47. The zero-order valence-electron chi connectivity index (χ0n) is 9.47. The summed E-state index contributed by atoms with van der Waals surface area (Å²) < 4.78 is 0. The van der Waals surface area contributed by atoms with Gasteiger partial charge in [-0.25, -0.2) is 0 Å². The van der Waals surface area contributed by atoms with Gasteiger partial charge in [-0.15, -0.1) is 0 Å². The summed E-state index contributed by atoms with van der Waals surface area (Å²) in [4.78, 5) is 0. The summed E-state index contributed by atoms with van der Waals surface area (Å²) in [5.74, 6) is 1.93. The Labute approximate surface area is 83.3 Å². The second-order valence-corrected chi connectivity index (χ2v) is 4.98. The lowest BCUT2D eigenvalue weighted by molar-refractivity contribution is 0.276. The molecule has 0 unspecified atom stereocenters. The van der Waals surface area contributed by atoms with Crippen molar-refractivity contribution in [3.8, 4) is 0 Å². The third kappa shape index (κ3) is 4.12. The monoisotopic (exact) mass is 183 g/mol. The Morgan fingerprint density at radius 1 is 1.15 bits per heavy atom. The molecule has 1 N–H and O–H groups in total. The van der Waals surface area contributed by atoms with E-state index in [1.54, 1.807) is 0 Å². The van der Waals surface area contributed by atoms with Crippen molar-refractivity contribution in [2.75, 3.05) is 7.05 Å². The molecule has 1 aliphatic rings. The fraction of sp³-hybridized carbons (Fsp3) is 1.00. The van der Waals surface area contributed by atoms with Gasteiger partial charge in [0.05, 0.1) is 0 Å². The topological polar surface area (TPSA) is 12.0 Å². The van der Waals surface area contributed by atoms with Crippen LogP contribution in [0.1, 0.15) is 52.4 Å². The summed E-state index contributed by atoms with van der Waals surface area (Å²) in [5.41, 5.74) is 0. The molecule has 0 aliphatic heterocycles. The van der Waals surface area contributed by atoms with Crippen LogP contribution in [0.3, 0.4) is 0 Å². The van der Waals surface area contributed by atoms with Gasteiger partial charge in [-0.1, -0.05) is 26.7 Å². The molecule has 1 heteroatoms. The molecule has 0 aromatic carbocycles. The highest BCUT2D eigenvalue weighted by atomic mass is 14.9. The van der Waals surface area contributed by atoms with Gasteiger partial charge in [-0.3, -0.25) is 0 Å². The van der Waals surface area contributed by atoms with Gasteiger partial charge < -0.3 is 5.32 Å². The molecule has 1 saturated carbocycles. The van der Waals surface area contributed by atoms with E-state index in [0.29, 0.717) is 0 Å². The summed E-state index contributed by atoms with van der Waals surface area (Å²) in [6.07, 6.45) is 8.61. The van der Waals surface area contributed by atoms with Crippen LogP contribution in [0.15, 0.2) is 0 Å². The summed E-state index contributed by atoms with van der Waals surface area (Å²) in [7, 11) is 2.10. The molecule has 0 heterocycles. The molecule has 0 amide bonds. The van der Waals surface area contributed by atoms with Gasteiger partial charge >= 0.3 is 0 Å². The average molecular weight is 183 g/mol. The van der Waals surface area contributed by atoms with E-state index in [2.05, 4.69) is 26.2 Å². The molecule has 1 rings (SSSR count). The van der Waals surface area contributed by atoms with Crippen molar-refractivity contribution in [2.45, 2.75) is 58.4 Å². The number of hydrogen-bond donors (Lipinski definition) is 1. The number of nitrogens with one attached hydrogen (secondary N) is 1. The molecule has 0 spiro atoms. The van der Waals surface area contributed by atoms with Crippen LogP contribution < -0.4 is 5.32 Å². The van der Waals surface area contributed by atoms with Gasteiger partial charge in [0, 0.05) is 6.04 Å². The van der Waals surface area contributed by atoms with Gasteiger partial charge in [0.1, 0.15) is 0 Å². The van der Waals surface area contributed by atoms with Gasteiger partial charge in [-0.05, 0) is 44.6 Å². The van der Waals surface area contributed by atoms with Crippen LogP contribution in [-0.4, -0.2) is 13.1 Å². The quantitative estimate of drug-likeness (QED) is 0.706. The Bertz CT molecular complexity index is 123. The van der Waals surface area contributed by atoms with E-state index in [0.717, 1.165) is 17.9 Å². The predicted octanol–water partition coefficient (Wildman–Crippen LogP) is 3.20. The van der Waals surface area contributed by atoms with Crippen LogP contribution in [0, 0.1) is 11.8 Å². The first-order valence-electron chi connectivity index (χ1n) is 5.89. The highest BCUT2D eigenvalue weighted by molar-refractivity contribution is 4.76. The van der Waals surface area contributed by atoms with Crippen molar-refractivity contribution in [1.29, 1.82) is 0 Å². The van der Waals surface area contributed by atoms with Crippen molar-refractivity contribution < 1.29 is 0 Å². The first-order valence-corrected chi connectivity index (χ1v) is 5.89. The van der Waals surface area contributed by atoms with Crippen molar-refractivity contribution in [1.82, 2.24) is 5.32 Å². The third-order valence-corrected chi connectivity index (χ3v) is 3.41. The first-order chi connectivity index (χ1) is 6.22. The van der Waals surface area contributed by atoms with Crippen LogP contribution in [0.4, 0.5) is 0 Å². The van der Waals surface area contributed by atoms with Crippen molar-refractivity contribution >= 4 is 0 Å². The van der Waals surface area contributed by atoms with E-state index in [1.165, 1.54) is 38.5 Å². The fourth-order valence-corrected chi connectivity index (χ4v) is 2.31. The minimum absolute atomic E-state index is 0.815. The van der Waals surface area contributed by atoms with E-state index in [9.17, 15) is 0 Å². The van der Waals surface area contributed by atoms with Crippen molar-refractivity contribution in [3.05, 3.63) is 0 Å². The molecule has 0 radical (unpaired) electrons. The summed E-state index contributed by atoms with van der Waals surface area (Å²) in [6.45, 7) is 4.67. The maximum atomic E-state index is 3.39. The van der Waals surface area contributed by atoms with E-state index in [4.69, 9.17) is 0 Å². The second-order valence-electron chi connectivity index (χ2n) is 4.98. The van der Waals surface area contributed by atoms with E-state index in [1.807, 2.05) is 0 Å². The zero-order chi connectivity index (χ0) is 9.68. The molecule has 1 aliphatic carbocycles. The van der Waals surface area contributed by atoms with Crippen LogP contribution in [-0.2, 0) is 0 Å². The Morgan fingerprint density at radius 3 is 2.23 bits per heavy atom. The van der Waals surface area contributed by atoms with E-state index < -0.39 is 0 Å². The van der Waals surface area contributed by atoms with Gasteiger partial charge in [0.15, 0.2) is 0 Å². The molecular formula is C12H25N. The van der Waals surface area contributed by atoms with Crippen LogP contribution >= 0.6 is 0 Å². The van der Waals surface area contributed by atoms with Gasteiger partial charge in [0.2, 0.25) is 0 Å². The third-order valence-electron chi connectivity index (χ3n) is 3.41. The minimum atomic E-state index is 0.815. The largest absolute Gasteiger partial charge is 0.317 e. The highest BCUT2D eigenvalue weighted by Gasteiger charge is 2.19. The summed E-state index contributed by atoms with van der Waals surface area (Å²) in [6, 6.07) is 0.815. The van der Waals surface area contributed by atoms with E-state index in [-0.39, 0.29) is 0 Å².